The lowest BCUT2D eigenvalue weighted by Crippen LogP contribution is -2.66. The van der Waals surface area contributed by atoms with Crippen LogP contribution in [0, 0.1) is 5.92 Å². The Morgan fingerprint density at radius 1 is 0.889 bits per heavy atom. The van der Waals surface area contributed by atoms with Crippen molar-refractivity contribution in [3.05, 3.63) is 0 Å². The number of nitrogens with two attached hydrogens (primary N) is 4. The predicted molar refractivity (Wildman–Crippen MR) is 153 cm³/mol. The molecule has 2 aliphatic heterocycles. The van der Waals surface area contributed by atoms with Gasteiger partial charge in [-0.15, -0.1) is 0 Å². The second-order valence-corrected chi connectivity index (χ2v) is 13.0. The first-order valence-electron chi connectivity index (χ1n) is 15.4. The molecule has 2 saturated carbocycles. The van der Waals surface area contributed by atoms with Gasteiger partial charge in [0.1, 0.15) is 36.1 Å². The zero-order chi connectivity index (χ0) is 33.2. The molecule has 0 aromatic heterocycles. The van der Waals surface area contributed by atoms with Crippen LogP contribution in [0.25, 0.3) is 0 Å². The van der Waals surface area contributed by atoms with Gasteiger partial charge in [-0.25, -0.2) is 0 Å². The van der Waals surface area contributed by atoms with Crippen molar-refractivity contribution in [3.8, 4) is 0 Å². The zero-order valence-corrected chi connectivity index (χ0v) is 25.0. The third-order valence-corrected chi connectivity index (χ3v) is 9.36. The van der Waals surface area contributed by atoms with E-state index in [0.717, 1.165) is 0 Å². The average molecular weight is 654 g/mol. The van der Waals surface area contributed by atoms with E-state index in [0.29, 0.717) is 0 Å². The van der Waals surface area contributed by atoms with Crippen molar-refractivity contribution >= 4 is 5.78 Å². The highest BCUT2D eigenvalue weighted by Gasteiger charge is 2.53. The largest absolute Gasteiger partial charge is 0.394 e. The van der Waals surface area contributed by atoms with Crippen LogP contribution in [0.5, 0.6) is 0 Å². The molecule has 17 N–H and O–H groups in total. The first kappa shape index (κ1) is 36.8. The van der Waals surface area contributed by atoms with Crippen molar-refractivity contribution in [2.24, 2.45) is 28.9 Å². The molecule has 1 unspecified atom stereocenters. The molecule has 18 heteroatoms. The highest BCUT2D eigenvalue weighted by Crippen LogP contribution is 2.39. The van der Waals surface area contributed by atoms with E-state index < -0.39 is 116 Å². The molecule has 4 fully saturated rings. The van der Waals surface area contributed by atoms with Gasteiger partial charge in [0.15, 0.2) is 18.4 Å². The van der Waals surface area contributed by atoms with Gasteiger partial charge < -0.3 is 88.1 Å². The van der Waals surface area contributed by atoms with Crippen molar-refractivity contribution in [3.63, 3.8) is 0 Å². The first-order valence-corrected chi connectivity index (χ1v) is 15.4. The van der Waals surface area contributed by atoms with E-state index in [2.05, 4.69) is 5.32 Å². The zero-order valence-electron chi connectivity index (χ0n) is 25.0. The van der Waals surface area contributed by atoms with Gasteiger partial charge in [-0.1, -0.05) is 0 Å². The Hall–Kier alpha value is -1.01. The summed E-state index contributed by atoms with van der Waals surface area (Å²) in [5, 5.41) is 85.0. The van der Waals surface area contributed by atoms with Gasteiger partial charge in [0.2, 0.25) is 0 Å². The van der Waals surface area contributed by atoms with Gasteiger partial charge in [0.25, 0.3) is 0 Å². The summed E-state index contributed by atoms with van der Waals surface area (Å²) in [4.78, 5) is 13.1. The number of nitrogens with one attached hydrogen (secondary N) is 1. The molecule has 18 nitrogen and oxygen atoms in total. The highest BCUT2D eigenvalue weighted by atomic mass is 16.7. The van der Waals surface area contributed by atoms with E-state index in [1.165, 1.54) is 0 Å². The molecule has 0 spiro atoms. The van der Waals surface area contributed by atoms with Crippen LogP contribution in [0.1, 0.15) is 32.1 Å². The fourth-order valence-corrected chi connectivity index (χ4v) is 6.59. The van der Waals surface area contributed by atoms with Gasteiger partial charge in [-0.05, 0) is 31.6 Å². The van der Waals surface area contributed by atoms with Crippen LogP contribution in [0.15, 0.2) is 0 Å². The van der Waals surface area contributed by atoms with Crippen LogP contribution in [-0.2, 0) is 23.7 Å². The number of rotatable bonds is 13. The maximum Gasteiger partial charge on any atom is 0.186 e. The Morgan fingerprint density at radius 3 is 2.16 bits per heavy atom. The quantitative estimate of drug-likeness (QED) is 0.0877. The third-order valence-electron chi connectivity index (χ3n) is 9.36. The molecule has 45 heavy (non-hydrogen) atoms. The number of ketones is 1. The number of aliphatic hydroxyl groups excluding tert-OH is 7. The van der Waals surface area contributed by atoms with E-state index in [4.69, 9.17) is 47.0 Å². The van der Waals surface area contributed by atoms with Crippen molar-refractivity contribution < 1.29 is 64.6 Å². The van der Waals surface area contributed by atoms with Crippen LogP contribution >= 0.6 is 0 Å². The summed E-state index contributed by atoms with van der Waals surface area (Å²) in [6, 6.07) is -3.31. The summed E-state index contributed by atoms with van der Waals surface area (Å²) in [6.07, 6.45) is -13.7. The van der Waals surface area contributed by atoms with Gasteiger partial charge in [-0.3, -0.25) is 4.79 Å². The summed E-state index contributed by atoms with van der Waals surface area (Å²) < 4.78 is 23.6. The number of hydrogen-bond donors (Lipinski definition) is 13. The topological polar surface area (TPSA) is 332 Å². The Labute approximate surface area is 260 Å². The van der Waals surface area contributed by atoms with Crippen LogP contribution in [-0.4, -0.2) is 170 Å². The second-order valence-electron chi connectivity index (χ2n) is 13.0. The van der Waals surface area contributed by atoms with E-state index in [9.17, 15) is 40.5 Å². The number of ether oxygens (including phenoxy) is 4. The molecule has 0 amide bonds. The minimum Gasteiger partial charge on any atom is -0.394 e. The maximum atomic E-state index is 13.1. The van der Waals surface area contributed by atoms with E-state index >= 15 is 0 Å². The Bertz CT molecular complexity index is 964. The van der Waals surface area contributed by atoms with E-state index in [-0.39, 0.29) is 51.2 Å². The summed E-state index contributed by atoms with van der Waals surface area (Å²) in [5.41, 5.74) is 22.8. The first-order chi connectivity index (χ1) is 21.2. The summed E-state index contributed by atoms with van der Waals surface area (Å²) >= 11 is 0. The molecule has 262 valence electrons. The molecule has 0 bridgehead atoms. The Balaban J connectivity index is 1.50. The molecule has 0 aromatic rings. The SMILES string of the molecule is NC1CC(O)(C(=O)C[C@@H]2C[C@H](N)[C@@H](O[C@H]3O[C@H](CNCC(O)CO)[C@@H](O)C[C@H]3N)[C@H](O)[C@H]2O[C@H]2O[C@H](CO)[C@@H](O)[C@H](N)[C@H]2O)C1. The van der Waals surface area contributed by atoms with Crippen LogP contribution in [0.4, 0.5) is 0 Å². The molecule has 0 aromatic carbocycles. The summed E-state index contributed by atoms with van der Waals surface area (Å²) in [7, 11) is 0. The molecular formula is C27H51N5O13. The molecule has 2 saturated heterocycles. The molecule has 4 rings (SSSR count). The average Bonchev–Trinajstić information content (AvgIpc) is 2.97. The molecule has 0 radical (unpaired) electrons. The van der Waals surface area contributed by atoms with Gasteiger partial charge >= 0.3 is 0 Å². The fourth-order valence-electron chi connectivity index (χ4n) is 6.59. The summed E-state index contributed by atoms with van der Waals surface area (Å²) in [6.45, 7) is -0.965. The second kappa shape index (κ2) is 15.5. The molecular weight excluding hydrogens is 602 g/mol. The number of carbonyl (C=O) groups excluding carboxylic acids is 1. The molecule has 2 heterocycles. The van der Waals surface area contributed by atoms with E-state index in [1.807, 2.05) is 0 Å². The molecule has 2 aliphatic carbocycles. The smallest absolute Gasteiger partial charge is 0.186 e. The summed E-state index contributed by atoms with van der Waals surface area (Å²) in [5.74, 6) is -1.31. The van der Waals surface area contributed by atoms with Crippen molar-refractivity contribution in [1.29, 1.82) is 0 Å². The fraction of sp³-hybridized carbons (Fsp3) is 0.963. The Kier molecular flexibility index (Phi) is 12.7. The lowest BCUT2D eigenvalue weighted by atomic mass is 9.69. The van der Waals surface area contributed by atoms with E-state index in [1.54, 1.807) is 0 Å². The Morgan fingerprint density at radius 2 is 1.53 bits per heavy atom. The highest BCUT2D eigenvalue weighted by molar-refractivity contribution is 5.88. The van der Waals surface area contributed by atoms with Crippen molar-refractivity contribution in [2.75, 3.05) is 26.3 Å². The van der Waals surface area contributed by atoms with Crippen molar-refractivity contribution in [1.82, 2.24) is 5.32 Å². The minimum absolute atomic E-state index is 0.0416. The number of carbonyl (C=O) groups is 1. The number of aliphatic hydroxyl groups is 8. The molecule has 15 atom stereocenters. The number of Topliss-reactive ketones (excluding diaryl/α,β-unsaturated/α-hetero) is 1. The normalized spacial score (nSPS) is 48.0. The van der Waals surface area contributed by atoms with Gasteiger partial charge in [-0.2, -0.15) is 0 Å². The number of hydrogen-bond acceptors (Lipinski definition) is 18. The van der Waals surface area contributed by atoms with Crippen LogP contribution in [0.3, 0.4) is 0 Å². The predicted octanol–water partition coefficient (Wildman–Crippen LogP) is -7.21. The lowest BCUT2D eigenvalue weighted by Gasteiger charge is -2.49. The van der Waals surface area contributed by atoms with Crippen LogP contribution < -0.4 is 28.3 Å². The standard InChI is InChI=1S/C27H51N5O13/c28-11-4-27(41,5-11)18(37)2-10-1-13(29)24(22(40)23(10)44-26-21(39)19(31)20(38)17(9-34)43-26)45-25-14(30)3-15(36)16(42-25)7-32-6-12(35)8-33/h10-17,19-26,32-36,38-41H,1-9,28-31H2/t10-,11?,12?,13-,14+,15-,16+,17+,19-,20+,21+,22+,23-,24+,25+,26+,27?/m0/s1. The van der Waals surface area contributed by atoms with Gasteiger partial charge in [0, 0.05) is 31.6 Å². The maximum absolute atomic E-state index is 13.1. The monoisotopic (exact) mass is 653 g/mol. The minimum atomic E-state index is -1.62. The van der Waals surface area contributed by atoms with Crippen molar-refractivity contribution in [2.45, 2.75) is 129 Å². The third kappa shape index (κ3) is 8.35. The van der Waals surface area contributed by atoms with Crippen LogP contribution in [0.2, 0.25) is 0 Å². The van der Waals surface area contributed by atoms with Gasteiger partial charge in [0.05, 0.1) is 49.7 Å². The molecule has 4 aliphatic rings. The lowest BCUT2D eigenvalue weighted by molar-refractivity contribution is -0.320.